The van der Waals surface area contributed by atoms with Crippen LogP contribution in [0.5, 0.6) is 5.75 Å². The molecule has 2 aromatic rings. The molecule has 31 heavy (non-hydrogen) atoms. The fraction of sp³-hybridized carbons (Fsp3) is 0.400. The van der Waals surface area contributed by atoms with E-state index in [1.165, 1.54) is 30.5 Å². The molecular formula is C20H20F3N3O5. The summed E-state index contributed by atoms with van der Waals surface area (Å²) in [5, 5.41) is 11.2. The Morgan fingerprint density at radius 3 is 2.58 bits per heavy atom. The number of hydrogen-bond acceptors (Lipinski definition) is 7. The largest absolute Gasteiger partial charge is 0.481 e. The third kappa shape index (κ3) is 5.83. The quantitative estimate of drug-likeness (QED) is 0.367. The van der Waals surface area contributed by atoms with Gasteiger partial charge in [-0.2, -0.15) is 13.2 Å². The highest BCUT2D eigenvalue weighted by molar-refractivity contribution is 5.71. The second-order valence-electron chi connectivity index (χ2n) is 7.00. The van der Waals surface area contributed by atoms with E-state index in [0.717, 1.165) is 12.1 Å². The summed E-state index contributed by atoms with van der Waals surface area (Å²) < 4.78 is 49.0. The number of aromatic nitrogens is 1. The third-order valence-electron chi connectivity index (χ3n) is 4.89. The van der Waals surface area contributed by atoms with E-state index in [2.05, 4.69) is 4.98 Å². The lowest BCUT2D eigenvalue weighted by Crippen LogP contribution is -2.36. The van der Waals surface area contributed by atoms with Gasteiger partial charge in [0.25, 0.3) is 0 Å². The monoisotopic (exact) mass is 439 g/mol. The van der Waals surface area contributed by atoms with Gasteiger partial charge in [-0.15, -0.1) is 0 Å². The minimum atomic E-state index is -4.59. The minimum Gasteiger partial charge on any atom is -0.481 e. The second kappa shape index (κ2) is 9.63. The predicted octanol–water partition coefficient (Wildman–Crippen LogP) is 3.85. The molecule has 0 spiro atoms. The lowest BCUT2D eigenvalue weighted by molar-refractivity contribution is -0.384. The Morgan fingerprint density at radius 1 is 1.19 bits per heavy atom. The number of alkyl halides is 3. The molecule has 3 rings (SSSR count). The molecule has 0 bridgehead atoms. The van der Waals surface area contributed by atoms with Gasteiger partial charge in [0.1, 0.15) is 5.75 Å². The van der Waals surface area contributed by atoms with Crippen LogP contribution in [0.4, 0.5) is 24.7 Å². The summed E-state index contributed by atoms with van der Waals surface area (Å²) in [7, 11) is 0. The van der Waals surface area contributed by atoms with Gasteiger partial charge in [-0.05, 0) is 37.0 Å². The van der Waals surface area contributed by atoms with E-state index in [9.17, 15) is 28.1 Å². The number of benzene rings is 1. The number of piperidine rings is 1. The zero-order valence-corrected chi connectivity index (χ0v) is 16.4. The van der Waals surface area contributed by atoms with Crippen molar-refractivity contribution in [2.75, 3.05) is 31.2 Å². The zero-order chi connectivity index (χ0) is 22.4. The fourth-order valence-electron chi connectivity index (χ4n) is 3.30. The van der Waals surface area contributed by atoms with E-state index in [-0.39, 0.29) is 18.2 Å². The van der Waals surface area contributed by atoms with Crippen LogP contribution in [0.15, 0.2) is 42.6 Å². The third-order valence-corrected chi connectivity index (χ3v) is 4.89. The number of anilines is 1. The molecule has 1 aromatic carbocycles. The first kappa shape index (κ1) is 22.3. The number of nitro groups is 1. The van der Waals surface area contributed by atoms with E-state index >= 15 is 0 Å². The highest BCUT2D eigenvalue weighted by atomic mass is 19.4. The summed E-state index contributed by atoms with van der Waals surface area (Å²) in [5.74, 6) is -0.859. The number of rotatable bonds is 7. The minimum absolute atomic E-state index is 0.0328. The number of esters is 1. The number of hydrogen-bond donors (Lipinski definition) is 0. The molecule has 0 saturated carbocycles. The van der Waals surface area contributed by atoms with Crippen molar-refractivity contribution in [1.29, 1.82) is 0 Å². The smallest absolute Gasteiger partial charge is 0.419 e. The number of para-hydroxylation sites is 1. The average Bonchev–Trinajstić information content (AvgIpc) is 2.76. The molecule has 0 radical (unpaired) electrons. The van der Waals surface area contributed by atoms with Gasteiger partial charge in [-0.3, -0.25) is 10.1 Å². The van der Waals surface area contributed by atoms with Crippen molar-refractivity contribution in [3.05, 3.63) is 58.3 Å². The van der Waals surface area contributed by atoms with Crippen LogP contribution in [-0.4, -0.2) is 42.2 Å². The van der Waals surface area contributed by atoms with Crippen molar-refractivity contribution in [2.45, 2.75) is 19.0 Å². The van der Waals surface area contributed by atoms with Gasteiger partial charge in [0.15, 0.2) is 6.61 Å². The van der Waals surface area contributed by atoms with E-state index in [1.54, 1.807) is 0 Å². The maximum Gasteiger partial charge on any atom is 0.419 e. The maximum atomic E-state index is 12.9. The summed E-state index contributed by atoms with van der Waals surface area (Å²) in [6.45, 7) is 0.485. The highest BCUT2D eigenvalue weighted by Gasteiger charge is 2.34. The number of carbonyl (C=O) groups excluding carboxylic acids is 1. The Kier molecular flexibility index (Phi) is 6.93. The van der Waals surface area contributed by atoms with Crippen molar-refractivity contribution >= 4 is 17.5 Å². The van der Waals surface area contributed by atoms with E-state index in [1.807, 2.05) is 4.90 Å². The molecule has 0 atom stereocenters. The molecule has 11 heteroatoms. The second-order valence-corrected chi connectivity index (χ2v) is 7.00. The highest BCUT2D eigenvalue weighted by Crippen LogP contribution is 2.36. The Labute approximate surface area is 175 Å². The first-order valence-corrected chi connectivity index (χ1v) is 9.54. The van der Waals surface area contributed by atoms with Crippen LogP contribution in [0.3, 0.4) is 0 Å². The fourth-order valence-corrected chi connectivity index (χ4v) is 3.30. The molecule has 0 unspecified atom stereocenters. The lowest BCUT2D eigenvalue weighted by atomic mass is 9.98. The van der Waals surface area contributed by atoms with Gasteiger partial charge in [-0.25, -0.2) is 9.78 Å². The van der Waals surface area contributed by atoms with Gasteiger partial charge in [0.05, 0.1) is 17.1 Å². The molecular weight excluding hydrogens is 419 g/mol. The van der Waals surface area contributed by atoms with E-state index in [0.29, 0.717) is 31.7 Å². The first-order valence-electron chi connectivity index (χ1n) is 9.54. The van der Waals surface area contributed by atoms with Crippen molar-refractivity contribution in [2.24, 2.45) is 5.92 Å². The molecule has 8 nitrogen and oxygen atoms in total. The Morgan fingerprint density at radius 2 is 1.90 bits per heavy atom. The number of pyridine rings is 1. The lowest BCUT2D eigenvalue weighted by Gasteiger charge is -2.32. The summed E-state index contributed by atoms with van der Waals surface area (Å²) in [4.78, 5) is 28.5. The van der Waals surface area contributed by atoms with Gasteiger partial charge >= 0.3 is 17.8 Å². The van der Waals surface area contributed by atoms with Crippen molar-refractivity contribution in [1.82, 2.24) is 4.98 Å². The van der Waals surface area contributed by atoms with Crippen molar-refractivity contribution in [3.8, 4) is 5.75 Å². The van der Waals surface area contributed by atoms with Gasteiger partial charge in [0, 0.05) is 25.4 Å². The van der Waals surface area contributed by atoms with Crippen LogP contribution >= 0.6 is 0 Å². The SMILES string of the molecule is O=C(COc1ccccc1C(F)(F)F)OCC1CCN(c2ncccc2[N+](=O)[O-])CC1. The molecule has 1 aliphatic rings. The number of carbonyl (C=O) groups is 1. The molecule has 1 saturated heterocycles. The molecule has 1 aromatic heterocycles. The van der Waals surface area contributed by atoms with Crippen molar-refractivity contribution in [3.63, 3.8) is 0 Å². The summed E-state index contributed by atoms with van der Waals surface area (Å²) >= 11 is 0. The summed E-state index contributed by atoms with van der Waals surface area (Å²) in [6, 6.07) is 7.54. The summed E-state index contributed by atoms with van der Waals surface area (Å²) in [5.41, 5.74) is -1.03. The predicted molar refractivity (Wildman–Crippen MR) is 104 cm³/mol. The van der Waals surface area contributed by atoms with E-state index < -0.39 is 35.0 Å². The molecule has 0 N–H and O–H groups in total. The maximum absolute atomic E-state index is 12.9. The number of halogens is 3. The normalized spacial score (nSPS) is 14.9. The van der Waals surface area contributed by atoms with Crippen molar-refractivity contribution < 1.29 is 32.4 Å². The molecule has 166 valence electrons. The van der Waals surface area contributed by atoms with Crippen LogP contribution < -0.4 is 9.64 Å². The number of ether oxygens (including phenoxy) is 2. The molecule has 2 heterocycles. The van der Waals surface area contributed by atoms with Crippen LogP contribution in [0.25, 0.3) is 0 Å². The average molecular weight is 439 g/mol. The van der Waals surface area contributed by atoms with Gasteiger partial charge in [0.2, 0.25) is 5.82 Å². The Bertz CT molecular complexity index is 930. The zero-order valence-electron chi connectivity index (χ0n) is 16.4. The molecule has 0 aliphatic carbocycles. The standard InChI is InChI=1S/C20H20F3N3O5/c21-20(22,23)15-4-1-2-6-17(15)30-13-18(27)31-12-14-7-10-25(11-8-14)19-16(26(28)29)5-3-9-24-19/h1-6,9,14H,7-8,10-13H2. The molecule has 1 fully saturated rings. The van der Waals surface area contributed by atoms with Crippen LogP contribution in [-0.2, 0) is 15.7 Å². The van der Waals surface area contributed by atoms with Crippen LogP contribution in [0.1, 0.15) is 18.4 Å². The number of nitrogens with zero attached hydrogens (tertiary/aromatic N) is 3. The van der Waals surface area contributed by atoms with Gasteiger partial charge in [-0.1, -0.05) is 12.1 Å². The Balaban J connectivity index is 1.45. The first-order chi connectivity index (χ1) is 14.8. The summed E-state index contributed by atoms with van der Waals surface area (Å²) in [6.07, 6.45) is -1.85. The Hall–Kier alpha value is -3.37. The molecule has 0 amide bonds. The van der Waals surface area contributed by atoms with Gasteiger partial charge < -0.3 is 14.4 Å². The van der Waals surface area contributed by atoms with E-state index in [4.69, 9.17) is 9.47 Å². The molecule has 1 aliphatic heterocycles. The van der Waals surface area contributed by atoms with Crippen LogP contribution in [0, 0.1) is 16.0 Å². The topological polar surface area (TPSA) is 94.8 Å². The van der Waals surface area contributed by atoms with Crippen LogP contribution in [0.2, 0.25) is 0 Å².